The topological polar surface area (TPSA) is 3.24 Å². The Bertz CT molecular complexity index is 233. The fraction of sp³-hybridized carbons (Fsp3) is 0.333. The van der Waals surface area contributed by atoms with Gasteiger partial charge in [0.15, 0.2) is 0 Å². The normalized spacial score (nSPS) is 10.5. The number of nitrogens with zero attached hydrogens (tertiary/aromatic N) is 1. The quantitative estimate of drug-likeness (QED) is 0.627. The van der Waals surface area contributed by atoms with Crippen molar-refractivity contribution in [2.75, 3.05) is 14.1 Å². The van der Waals surface area contributed by atoms with Gasteiger partial charge in [0.2, 0.25) is 0 Å². The largest absolute Gasteiger partial charge is 0.305 e. The van der Waals surface area contributed by atoms with Gasteiger partial charge >= 0.3 is 0 Å². The molecule has 1 nitrogen and oxygen atoms in total. The zero-order valence-electron chi connectivity index (χ0n) is 6.84. The third-order valence-corrected chi connectivity index (χ3v) is 1.39. The summed E-state index contributed by atoms with van der Waals surface area (Å²) in [5, 5.41) is 0. The van der Waals surface area contributed by atoms with Crippen molar-refractivity contribution in [1.82, 2.24) is 4.90 Å². The maximum Gasteiger partial charge on any atom is 0.123 e. The molecule has 2 heteroatoms. The monoisotopic (exact) mass is 153 g/mol. The Balaban J connectivity index is 2.71. The molecule has 60 valence electrons. The molecule has 0 heterocycles. The van der Waals surface area contributed by atoms with Gasteiger partial charge in [0.25, 0.3) is 0 Å². The van der Waals surface area contributed by atoms with Gasteiger partial charge in [-0.05, 0) is 31.8 Å². The van der Waals surface area contributed by atoms with Crippen LogP contribution in [-0.2, 0) is 6.54 Å². The number of rotatable bonds is 2. The van der Waals surface area contributed by atoms with Crippen LogP contribution in [0.3, 0.4) is 0 Å². The highest BCUT2D eigenvalue weighted by Gasteiger charge is 1.95. The molecule has 0 radical (unpaired) electrons. The first-order chi connectivity index (χ1) is 5.18. The van der Waals surface area contributed by atoms with Gasteiger partial charge in [-0.3, -0.25) is 0 Å². The molecule has 0 aliphatic carbocycles. The first-order valence-corrected chi connectivity index (χ1v) is 3.57. The summed E-state index contributed by atoms with van der Waals surface area (Å²) >= 11 is 0. The SMILES string of the molecule is CN(C)Cc1cccc(F)c1. The first-order valence-electron chi connectivity index (χ1n) is 3.57. The van der Waals surface area contributed by atoms with Crippen LogP contribution in [0.4, 0.5) is 4.39 Å². The van der Waals surface area contributed by atoms with E-state index in [0.717, 1.165) is 12.1 Å². The minimum absolute atomic E-state index is 0.163. The van der Waals surface area contributed by atoms with E-state index in [4.69, 9.17) is 0 Å². The molecule has 0 aliphatic rings. The van der Waals surface area contributed by atoms with E-state index in [2.05, 4.69) is 0 Å². The van der Waals surface area contributed by atoms with Crippen molar-refractivity contribution in [3.63, 3.8) is 0 Å². The number of benzene rings is 1. The van der Waals surface area contributed by atoms with Crippen molar-refractivity contribution in [1.29, 1.82) is 0 Å². The molecule has 1 aromatic carbocycles. The first kappa shape index (κ1) is 8.21. The van der Waals surface area contributed by atoms with E-state index in [1.165, 1.54) is 6.07 Å². The number of hydrogen-bond acceptors (Lipinski definition) is 1. The lowest BCUT2D eigenvalue weighted by molar-refractivity contribution is 0.401. The lowest BCUT2D eigenvalue weighted by Crippen LogP contribution is -2.10. The summed E-state index contributed by atoms with van der Waals surface area (Å²) in [6.45, 7) is 0.789. The molecular formula is C9H12FN. The highest BCUT2D eigenvalue weighted by molar-refractivity contribution is 5.15. The lowest BCUT2D eigenvalue weighted by Gasteiger charge is -2.08. The van der Waals surface area contributed by atoms with Gasteiger partial charge < -0.3 is 4.90 Å². The summed E-state index contributed by atoms with van der Waals surface area (Å²) in [6.07, 6.45) is 0. The summed E-state index contributed by atoms with van der Waals surface area (Å²) in [6, 6.07) is 6.66. The number of hydrogen-bond donors (Lipinski definition) is 0. The van der Waals surface area contributed by atoms with Crippen LogP contribution in [0.15, 0.2) is 24.3 Å². The molecule has 0 amide bonds. The second-order valence-corrected chi connectivity index (χ2v) is 2.87. The highest BCUT2D eigenvalue weighted by Crippen LogP contribution is 2.04. The third-order valence-electron chi connectivity index (χ3n) is 1.39. The van der Waals surface area contributed by atoms with Crippen LogP contribution in [0.25, 0.3) is 0 Å². The summed E-state index contributed by atoms with van der Waals surface area (Å²) in [5.74, 6) is -0.163. The zero-order valence-corrected chi connectivity index (χ0v) is 6.84. The van der Waals surface area contributed by atoms with E-state index in [1.807, 2.05) is 25.1 Å². The van der Waals surface area contributed by atoms with E-state index in [-0.39, 0.29) is 5.82 Å². The van der Waals surface area contributed by atoms with E-state index in [0.29, 0.717) is 0 Å². The van der Waals surface area contributed by atoms with Crippen molar-refractivity contribution in [2.24, 2.45) is 0 Å². The Labute approximate surface area is 66.5 Å². The fourth-order valence-electron chi connectivity index (χ4n) is 1.00. The van der Waals surface area contributed by atoms with Crippen LogP contribution in [0.5, 0.6) is 0 Å². The molecule has 0 atom stereocenters. The minimum atomic E-state index is -0.163. The second-order valence-electron chi connectivity index (χ2n) is 2.87. The Kier molecular flexibility index (Phi) is 2.60. The molecule has 11 heavy (non-hydrogen) atoms. The van der Waals surface area contributed by atoms with Gasteiger partial charge in [0, 0.05) is 6.54 Å². The second kappa shape index (κ2) is 3.49. The maximum atomic E-state index is 12.6. The Hall–Kier alpha value is -0.890. The Morgan fingerprint density at radius 3 is 2.64 bits per heavy atom. The van der Waals surface area contributed by atoms with E-state index in [1.54, 1.807) is 12.1 Å². The predicted molar refractivity (Wildman–Crippen MR) is 43.8 cm³/mol. The summed E-state index contributed by atoms with van der Waals surface area (Å²) in [7, 11) is 3.93. The molecule has 0 aromatic heterocycles. The standard InChI is InChI=1S/C9H12FN/c1-11(2)7-8-4-3-5-9(10)6-8/h3-6H,7H2,1-2H3. The molecule has 0 saturated heterocycles. The molecular weight excluding hydrogens is 141 g/mol. The molecule has 0 saturated carbocycles. The van der Waals surface area contributed by atoms with Gasteiger partial charge in [-0.2, -0.15) is 0 Å². The van der Waals surface area contributed by atoms with Gasteiger partial charge in [0.1, 0.15) is 5.82 Å². The van der Waals surface area contributed by atoms with E-state index < -0.39 is 0 Å². The van der Waals surface area contributed by atoms with E-state index in [9.17, 15) is 4.39 Å². The number of halogens is 1. The van der Waals surface area contributed by atoms with Crippen molar-refractivity contribution in [2.45, 2.75) is 6.54 Å². The smallest absolute Gasteiger partial charge is 0.123 e. The summed E-state index contributed by atoms with van der Waals surface area (Å²) in [4.78, 5) is 2.01. The maximum absolute atomic E-state index is 12.6. The molecule has 0 bridgehead atoms. The van der Waals surface area contributed by atoms with Gasteiger partial charge in [-0.15, -0.1) is 0 Å². The average Bonchev–Trinajstić information content (AvgIpc) is 1.85. The van der Waals surface area contributed by atoms with Gasteiger partial charge in [0.05, 0.1) is 0 Å². The van der Waals surface area contributed by atoms with Gasteiger partial charge in [-0.1, -0.05) is 12.1 Å². The average molecular weight is 153 g/mol. The van der Waals surface area contributed by atoms with Crippen LogP contribution in [-0.4, -0.2) is 19.0 Å². The molecule has 0 fully saturated rings. The predicted octanol–water partition coefficient (Wildman–Crippen LogP) is 1.89. The van der Waals surface area contributed by atoms with Crippen LogP contribution in [0.1, 0.15) is 5.56 Å². The molecule has 0 unspecified atom stereocenters. The van der Waals surface area contributed by atoms with Crippen molar-refractivity contribution in [3.05, 3.63) is 35.6 Å². The summed E-state index contributed by atoms with van der Waals surface area (Å²) in [5.41, 5.74) is 1.01. The minimum Gasteiger partial charge on any atom is -0.305 e. The van der Waals surface area contributed by atoms with Crippen molar-refractivity contribution < 1.29 is 4.39 Å². The molecule has 1 aromatic rings. The Morgan fingerprint density at radius 2 is 2.09 bits per heavy atom. The van der Waals surface area contributed by atoms with Crippen LogP contribution in [0, 0.1) is 5.82 Å². The van der Waals surface area contributed by atoms with Crippen LogP contribution >= 0.6 is 0 Å². The molecule has 0 spiro atoms. The van der Waals surface area contributed by atoms with Gasteiger partial charge in [-0.25, -0.2) is 4.39 Å². The fourth-order valence-corrected chi connectivity index (χ4v) is 1.00. The summed E-state index contributed by atoms with van der Waals surface area (Å²) < 4.78 is 12.6. The third kappa shape index (κ3) is 2.68. The van der Waals surface area contributed by atoms with Crippen LogP contribution in [0.2, 0.25) is 0 Å². The van der Waals surface area contributed by atoms with Crippen molar-refractivity contribution in [3.8, 4) is 0 Å². The highest BCUT2D eigenvalue weighted by atomic mass is 19.1. The van der Waals surface area contributed by atoms with E-state index >= 15 is 0 Å². The molecule has 0 N–H and O–H groups in total. The molecule has 1 rings (SSSR count). The zero-order chi connectivity index (χ0) is 8.27. The lowest BCUT2D eigenvalue weighted by atomic mass is 10.2. The van der Waals surface area contributed by atoms with Crippen LogP contribution < -0.4 is 0 Å². The Morgan fingerprint density at radius 1 is 1.36 bits per heavy atom. The molecule has 0 aliphatic heterocycles. The van der Waals surface area contributed by atoms with Crippen molar-refractivity contribution >= 4 is 0 Å².